The maximum Gasteiger partial charge on any atom is 0.228 e. The molecule has 0 aliphatic heterocycles. The van der Waals surface area contributed by atoms with Crippen LogP contribution in [0, 0.1) is 5.82 Å². The van der Waals surface area contributed by atoms with Crippen molar-refractivity contribution in [3.05, 3.63) is 126 Å². The molecule has 5 heteroatoms. The lowest BCUT2D eigenvalue weighted by Crippen LogP contribution is -2.14. The number of rotatable bonds is 10. The lowest BCUT2D eigenvalue weighted by molar-refractivity contribution is -0.115. The van der Waals surface area contributed by atoms with Crippen LogP contribution in [0.15, 0.2) is 113 Å². The van der Waals surface area contributed by atoms with E-state index in [1.54, 1.807) is 23.5 Å². The average Bonchev–Trinajstić information content (AvgIpc) is 2.87. The van der Waals surface area contributed by atoms with Gasteiger partial charge in [-0.15, -0.1) is 23.5 Å². The van der Waals surface area contributed by atoms with Gasteiger partial charge in [0.2, 0.25) is 5.91 Å². The summed E-state index contributed by atoms with van der Waals surface area (Å²) in [5.74, 6) is 0.768. The van der Waals surface area contributed by atoms with Gasteiger partial charge >= 0.3 is 0 Å². The second-order valence-electron chi connectivity index (χ2n) is 8.17. The van der Waals surface area contributed by atoms with Gasteiger partial charge in [0.15, 0.2) is 0 Å². The molecule has 1 unspecified atom stereocenters. The minimum atomic E-state index is -0.232. The van der Waals surface area contributed by atoms with Crippen molar-refractivity contribution in [3.63, 3.8) is 0 Å². The van der Waals surface area contributed by atoms with Gasteiger partial charge < -0.3 is 5.32 Å². The van der Waals surface area contributed by atoms with Crippen LogP contribution in [-0.4, -0.2) is 11.7 Å². The molecule has 0 radical (unpaired) electrons. The smallest absolute Gasteiger partial charge is 0.228 e. The van der Waals surface area contributed by atoms with Gasteiger partial charge in [0.05, 0.1) is 6.42 Å². The molecule has 4 aromatic carbocycles. The third-order valence-corrected chi connectivity index (χ3v) is 7.68. The van der Waals surface area contributed by atoms with Crippen molar-refractivity contribution in [2.24, 2.45) is 0 Å². The van der Waals surface area contributed by atoms with Gasteiger partial charge in [0.1, 0.15) is 5.82 Å². The number of carbonyl (C=O) groups is 1. The van der Waals surface area contributed by atoms with E-state index < -0.39 is 0 Å². The second kappa shape index (κ2) is 12.6. The van der Waals surface area contributed by atoms with E-state index in [1.165, 1.54) is 22.6 Å². The number of hydrogen-bond donors (Lipinski definition) is 1. The van der Waals surface area contributed by atoms with Crippen LogP contribution in [0.25, 0.3) is 0 Å². The molecule has 2 nitrogen and oxygen atoms in total. The molecule has 0 spiro atoms. The van der Waals surface area contributed by atoms with Crippen LogP contribution in [0.1, 0.15) is 28.9 Å². The van der Waals surface area contributed by atoms with Crippen LogP contribution < -0.4 is 5.32 Å². The highest BCUT2D eigenvalue weighted by molar-refractivity contribution is 7.99. The van der Waals surface area contributed by atoms with E-state index in [0.717, 1.165) is 33.9 Å². The summed E-state index contributed by atoms with van der Waals surface area (Å²) in [5, 5.41) is 3.17. The first-order valence-electron chi connectivity index (χ1n) is 11.7. The predicted molar refractivity (Wildman–Crippen MR) is 147 cm³/mol. The van der Waals surface area contributed by atoms with Crippen molar-refractivity contribution >= 4 is 35.1 Å². The van der Waals surface area contributed by atoms with Gasteiger partial charge in [-0.2, -0.15) is 0 Å². The summed E-state index contributed by atoms with van der Waals surface area (Å²) in [6.45, 7) is 2.13. The standard InChI is InChI=1S/C30H28FNOS2/c1-2-34-27-16-8-23(9-17-27)21-30(33)32-26-14-10-24(11-15-26)29(20-22-6-4-3-5-7-22)35-28-18-12-25(31)13-19-28/h3-19,29H,2,20-21H2,1H3,(H,32,33). The summed E-state index contributed by atoms with van der Waals surface area (Å²) >= 11 is 3.51. The number of carbonyl (C=O) groups excluding carboxylic acids is 1. The summed E-state index contributed by atoms with van der Waals surface area (Å²) in [7, 11) is 0. The van der Waals surface area contributed by atoms with Crippen LogP contribution in [-0.2, 0) is 17.6 Å². The number of halogens is 1. The van der Waals surface area contributed by atoms with Gasteiger partial charge in [-0.05, 0) is 77.4 Å². The Morgan fingerprint density at radius 2 is 1.46 bits per heavy atom. The summed E-state index contributed by atoms with van der Waals surface area (Å²) in [6, 6.07) is 33.2. The third-order valence-electron chi connectivity index (χ3n) is 5.52. The summed E-state index contributed by atoms with van der Waals surface area (Å²) in [6.07, 6.45) is 1.19. The second-order valence-corrected chi connectivity index (χ2v) is 10.8. The van der Waals surface area contributed by atoms with Gasteiger partial charge in [-0.25, -0.2) is 4.39 Å². The third kappa shape index (κ3) is 7.74. The van der Waals surface area contributed by atoms with E-state index in [2.05, 4.69) is 48.6 Å². The molecule has 0 heterocycles. The van der Waals surface area contributed by atoms with Crippen molar-refractivity contribution < 1.29 is 9.18 Å². The molecular weight excluding hydrogens is 473 g/mol. The first-order valence-corrected chi connectivity index (χ1v) is 13.5. The zero-order chi connectivity index (χ0) is 24.5. The number of amides is 1. The molecule has 1 amide bonds. The highest BCUT2D eigenvalue weighted by atomic mass is 32.2. The fraction of sp³-hybridized carbons (Fsp3) is 0.167. The van der Waals surface area contributed by atoms with Crippen molar-refractivity contribution in [2.45, 2.75) is 34.8 Å². The Morgan fingerprint density at radius 3 is 2.11 bits per heavy atom. The number of benzene rings is 4. The van der Waals surface area contributed by atoms with Crippen LogP contribution in [0.4, 0.5) is 10.1 Å². The highest BCUT2D eigenvalue weighted by Gasteiger charge is 2.15. The summed E-state index contributed by atoms with van der Waals surface area (Å²) in [4.78, 5) is 14.8. The minimum absolute atomic E-state index is 0.0323. The Balaban J connectivity index is 1.43. The quantitative estimate of drug-likeness (QED) is 0.222. The van der Waals surface area contributed by atoms with Crippen molar-refractivity contribution in [3.8, 4) is 0 Å². The first-order chi connectivity index (χ1) is 17.1. The molecule has 0 fully saturated rings. The van der Waals surface area contributed by atoms with Crippen molar-refractivity contribution in [1.82, 2.24) is 0 Å². The molecule has 1 N–H and O–H groups in total. The fourth-order valence-corrected chi connectivity index (χ4v) is 5.63. The number of thioether (sulfide) groups is 2. The molecule has 4 aromatic rings. The van der Waals surface area contributed by atoms with E-state index in [9.17, 15) is 9.18 Å². The number of nitrogens with one attached hydrogen (secondary N) is 1. The summed E-state index contributed by atoms with van der Waals surface area (Å²) in [5.41, 5.74) is 4.18. The Hall–Kier alpha value is -3.02. The zero-order valence-electron chi connectivity index (χ0n) is 19.6. The lowest BCUT2D eigenvalue weighted by atomic mass is 10.0. The molecule has 0 saturated heterocycles. The highest BCUT2D eigenvalue weighted by Crippen LogP contribution is 2.38. The Morgan fingerprint density at radius 1 is 0.800 bits per heavy atom. The molecule has 0 saturated carbocycles. The van der Waals surface area contributed by atoms with Crippen LogP contribution >= 0.6 is 23.5 Å². The normalized spacial score (nSPS) is 11.7. The first kappa shape index (κ1) is 25.1. The SMILES string of the molecule is CCSc1ccc(CC(=O)Nc2ccc(C(Cc3ccccc3)Sc3ccc(F)cc3)cc2)cc1. The Kier molecular flexibility index (Phi) is 9.04. The maximum atomic E-state index is 13.4. The molecule has 35 heavy (non-hydrogen) atoms. The lowest BCUT2D eigenvalue weighted by Gasteiger charge is -2.18. The topological polar surface area (TPSA) is 29.1 Å². The number of hydrogen-bond acceptors (Lipinski definition) is 3. The van der Waals surface area contributed by atoms with E-state index in [4.69, 9.17) is 0 Å². The Bertz CT molecular complexity index is 1210. The van der Waals surface area contributed by atoms with Gasteiger partial charge in [-0.3, -0.25) is 4.79 Å². The van der Waals surface area contributed by atoms with Gasteiger partial charge in [-0.1, -0.05) is 61.5 Å². The zero-order valence-corrected chi connectivity index (χ0v) is 21.2. The van der Waals surface area contributed by atoms with Crippen molar-refractivity contribution in [1.29, 1.82) is 0 Å². The molecule has 0 aromatic heterocycles. The average molecular weight is 502 g/mol. The fourth-order valence-electron chi connectivity index (χ4n) is 3.78. The van der Waals surface area contributed by atoms with E-state index in [-0.39, 0.29) is 17.0 Å². The Labute approximate surface area is 215 Å². The van der Waals surface area contributed by atoms with E-state index in [0.29, 0.717) is 6.42 Å². The molecule has 0 bridgehead atoms. The van der Waals surface area contributed by atoms with Gasteiger partial charge in [0.25, 0.3) is 0 Å². The predicted octanol–water partition coefficient (Wildman–Crippen LogP) is 8.20. The van der Waals surface area contributed by atoms with Crippen molar-refractivity contribution in [2.75, 3.05) is 11.1 Å². The maximum absolute atomic E-state index is 13.4. The van der Waals surface area contributed by atoms with E-state index >= 15 is 0 Å². The molecule has 0 aliphatic carbocycles. The van der Waals surface area contributed by atoms with Crippen LogP contribution in [0.2, 0.25) is 0 Å². The number of anilines is 1. The van der Waals surface area contributed by atoms with Gasteiger partial charge in [0, 0.05) is 20.7 Å². The molecule has 1 atom stereocenters. The minimum Gasteiger partial charge on any atom is -0.326 e. The largest absolute Gasteiger partial charge is 0.326 e. The molecule has 4 rings (SSSR count). The van der Waals surface area contributed by atoms with Crippen LogP contribution in [0.3, 0.4) is 0 Å². The van der Waals surface area contributed by atoms with Crippen LogP contribution in [0.5, 0.6) is 0 Å². The molecule has 0 aliphatic rings. The van der Waals surface area contributed by atoms with E-state index in [1.807, 2.05) is 54.6 Å². The summed E-state index contributed by atoms with van der Waals surface area (Å²) < 4.78 is 13.4. The molecular formula is C30H28FNOS2. The molecule has 178 valence electrons. The monoisotopic (exact) mass is 501 g/mol.